The third kappa shape index (κ3) is 6.02. The SMILES string of the molecule is CC(C)(O)C(C)(C)COc1cc2c(cc1OCC(C)(C)C(C)(C)CO)NCC1CC(c3ccc4ccccc4n3)=CN1C2=O. The normalized spacial score (nSPS) is 17.5. The van der Waals surface area contributed by atoms with E-state index in [9.17, 15) is 15.0 Å². The van der Waals surface area contributed by atoms with E-state index in [1.54, 1.807) is 19.9 Å². The predicted molar refractivity (Wildman–Crippen MR) is 175 cm³/mol. The Balaban J connectivity index is 1.47. The lowest BCUT2D eigenvalue weighted by Gasteiger charge is -2.40. The first-order valence-electron chi connectivity index (χ1n) is 15.4. The summed E-state index contributed by atoms with van der Waals surface area (Å²) >= 11 is 0. The van der Waals surface area contributed by atoms with Crippen molar-refractivity contribution in [3.63, 3.8) is 0 Å². The van der Waals surface area contributed by atoms with Crippen LogP contribution in [-0.2, 0) is 0 Å². The van der Waals surface area contributed by atoms with Crippen molar-refractivity contribution in [1.29, 1.82) is 0 Å². The fourth-order valence-electron chi connectivity index (χ4n) is 5.07. The maximum atomic E-state index is 14.1. The Hall–Kier alpha value is -3.62. The standard InChI is InChI=1S/C36H47N3O5/c1-33(2,20-40)34(3,4)21-43-31-17-29-26(16-30(31)44-22-35(5,6)36(7,8)42)32(41)39-19-24(15-25(39)18-37-29)28-14-13-23-11-9-10-12-27(23)38-28/h9-14,16-17,19,25,37,40,42H,15,18,20-22H2,1-8H3. The Bertz CT molecular complexity index is 1580. The molecule has 3 N–H and O–H groups in total. The zero-order valence-corrected chi connectivity index (χ0v) is 27.3. The van der Waals surface area contributed by atoms with Gasteiger partial charge in [0.15, 0.2) is 11.5 Å². The van der Waals surface area contributed by atoms with Crippen LogP contribution in [0.25, 0.3) is 16.5 Å². The molecule has 0 saturated carbocycles. The number of hydrogen-bond acceptors (Lipinski definition) is 7. The fourth-order valence-corrected chi connectivity index (χ4v) is 5.07. The molecule has 3 aromatic rings. The highest BCUT2D eigenvalue weighted by Gasteiger charge is 2.40. The number of aliphatic hydroxyl groups is 2. The number of fused-ring (bicyclic) bond motifs is 3. The average Bonchev–Trinajstić information content (AvgIpc) is 3.36. The average molecular weight is 602 g/mol. The van der Waals surface area contributed by atoms with E-state index in [-0.39, 0.29) is 36.0 Å². The van der Waals surface area contributed by atoms with Crippen molar-refractivity contribution in [3.05, 3.63) is 66.0 Å². The second-order valence-corrected chi connectivity index (χ2v) is 14.8. The maximum absolute atomic E-state index is 14.1. The third-order valence-electron chi connectivity index (χ3n) is 10.2. The molecule has 44 heavy (non-hydrogen) atoms. The molecule has 3 heterocycles. The molecule has 2 aliphatic rings. The lowest BCUT2D eigenvalue weighted by Crippen LogP contribution is -2.43. The molecule has 1 amide bonds. The molecule has 8 heteroatoms. The van der Waals surface area contributed by atoms with Gasteiger partial charge in [-0.3, -0.25) is 4.79 Å². The molecule has 2 aromatic carbocycles. The van der Waals surface area contributed by atoms with Crippen LogP contribution in [0.2, 0.25) is 0 Å². The van der Waals surface area contributed by atoms with Crippen LogP contribution < -0.4 is 14.8 Å². The summed E-state index contributed by atoms with van der Waals surface area (Å²) in [6.07, 6.45) is 2.62. The van der Waals surface area contributed by atoms with Crippen molar-refractivity contribution in [2.24, 2.45) is 16.2 Å². The van der Waals surface area contributed by atoms with Gasteiger partial charge in [0.25, 0.3) is 5.91 Å². The second kappa shape index (κ2) is 11.4. The van der Waals surface area contributed by atoms with Crippen molar-refractivity contribution in [2.45, 2.75) is 73.5 Å². The Kier molecular flexibility index (Phi) is 8.23. The molecule has 0 spiro atoms. The quantitative estimate of drug-likeness (QED) is 0.243. The summed E-state index contributed by atoms with van der Waals surface area (Å²) < 4.78 is 12.7. The summed E-state index contributed by atoms with van der Waals surface area (Å²) in [7, 11) is 0. The van der Waals surface area contributed by atoms with Crippen LogP contribution >= 0.6 is 0 Å². The van der Waals surface area contributed by atoms with E-state index in [0.717, 1.165) is 22.2 Å². The van der Waals surface area contributed by atoms with Gasteiger partial charge in [-0.1, -0.05) is 65.8 Å². The number of benzene rings is 2. The molecule has 8 nitrogen and oxygen atoms in total. The minimum absolute atomic E-state index is 0.0220. The van der Waals surface area contributed by atoms with Gasteiger partial charge in [0, 0.05) is 41.6 Å². The van der Waals surface area contributed by atoms with Crippen LogP contribution in [0.1, 0.15) is 77.9 Å². The van der Waals surface area contributed by atoms with Crippen LogP contribution in [0.15, 0.2) is 54.7 Å². The van der Waals surface area contributed by atoms with Crippen LogP contribution in [0.4, 0.5) is 5.69 Å². The molecule has 5 rings (SSSR count). The first-order chi connectivity index (χ1) is 20.5. The van der Waals surface area contributed by atoms with Crippen molar-refractivity contribution in [3.8, 4) is 11.5 Å². The van der Waals surface area contributed by atoms with Gasteiger partial charge in [-0.2, -0.15) is 0 Å². The number of carbonyl (C=O) groups is 1. The number of ether oxygens (including phenoxy) is 2. The Morgan fingerprint density at radius 2 is 1.57 bits per heavy atom. The number of aliphatic hydroxyl groups excluding tert-OH is 1. The number of amides is 1. The van der Waals surface area contributed by atoms with Gasteiger partial charge < -0.3 is 29.9 Å². The number of hydrogen-bond donors (Lipinski definition) is 3. The molecule has 1 aromatic heterocycles. The Morgan fingerprint density at radius 3 is 2.25 bits per heavy atom. The number of carbonyl (C=O) groups excluding carboxylic acids is 1. The molecular weight excluding hydrogens is 554 g/mol. The third-order valence-corrected chi connectivity index (χ3v) is 10.2. The minimum atomic E-state index is -0.995. The molecule has 0 bridgehead atoms. The number of rotatable bonds is 10. The molecule has 2 aliphatic heterocycles. The summed E-state index contributed by atoms with van der Waals surface area (Å²) in [4.78, 5) is 20.7. The van der Waals surface area contributed by atoms with Gasteiger partial charge >= 0.3 is 0 Å². The van der Waals surface area contributed by atoms with E-state index in [2.05, 4.69) is 25.2 Å². The van der Waals surface area contributed by atoms with Gasteiger partial charge in [0.1, 0.15) is 0 Å². The van der Waals surface area contributed by atoms with Crippen molar-refractivity contribution < 1.29 is 24.5 Å². The molecule has 236 valence electrons. The van der Waals surface area contributed by atoms with Crippen molar-refractivity contribution >= 4 is 28.1 Å². The Labute approximate surface area is 261 Å². The molecule has 0 fully saturated rings. The smallest absolute Gasteiger partial charge is 0.260 e. The van der Waals surface area contributed by atoms with Crippen molar-refractivity contribution in [2.75, 3.05) is 31.7 Å². The van der Waals surface area contributed by atoms with Crippen LogP contribution in [0, 0.1) is 16.2 Å². The first kappa shape index (κ1) is 31.8. The number of anilines is 1. The maximum Gasteiger partial charge on any atom is 0.260 e. The van der Waals surface area contributed by atoms with Crippen LogP contribution in [0.5, 0.6) is 11.5 Å². The predicted octanol–water partition coefficient (Wildman–Crippen LogP) is 6.52. The highest BCUT2D eigenvalue weighted by molar-refractivity contribution is 6.03. The molecule has 0 saturated heterocycles. The lowest BCUT2D eigenvalue weighted by molar-refractivity contribution is -0.0577. The molecule has 0 aliphatic carbocycles. The van der Waals surface area contributed by atoms with Gasteiger partial charge in [-0.25, -0.2) is 4.98 Å². The molecular formula is C36H47N3O5. The molecule has 1 atom stereocenters. The zero-order valence-electron chi connectivity index (χ0n) is 27.3. The topological polar surface area (TPSA) is 104 Å². The van der Waals surface area contributed by atoms with Gasteiger partial charge in [-0.05, 0) is 49.5 Å². The number of para-hydroxylation sites is 1. The monoisotopic (exact) mass is 601 g/mol. The van der Waals surface area contributed by atoms with E-state index in [1.807, 2.05) is 75.2 Å². The number of nitrogens with one attached hydrogen (secondary N) is 1. The summed E-state index contributed by atoms with van der Waals surface area (Å²) in [5.74, 6) is 0.827. The van der Waals surface area contributed by atoms with Gasteiger partial charge in [0.05, 0.1) is 47.3 Å². The lowest BCUT2D eigenvalue weighted by atomic mass is 9.69. The highest BCUT2D eigenvalue weighted by Crippen LogP contribution is 2.43. The van der Waals surface area contributed by atoms with E-state index < -0.39 is 11.0 Å². The van der Waals surface area contributed by atoms with E-state index in [0.29, 0.717) is 42.3 Å². The van der Waals surface area contributed by atoms with Crippen molar-refractivity contribution in [1.82, 2.24) is 9.88 Å². The molecule has 1 unspecified atom stereocenters. The van der Waals surface area contributed by atoms with E-state index in [1.165, 1.54) is 0 Å². The van der Waals surface area contributed by atoms with Crippen LogP contribution in [-0.4, -0.2) is 64.0 Å². The largest absolute Gasteiger partial charge is 0.489 e. The minimum Gasteiger partial charge on any atom is -0.489 e. The Morgan fingerprint density at radius 1 is 0.909 bits per heavy atom. The van der Waals surface area contributed by atoms with Crippen LogP contribution in [0.3, 0.4) is 0 Å². The number of aromatic nitrogens is 1. The van der Waals surface area contributed by atoms with Gasteiger partial charge in [0.2, 0.25) is 0 Å². The summed E-state index contributed by atoms with van der Waals surface area (Å²) in [6, 6.07) is 15.7. The van der Waals surface area contributed by atoms with E-state index in [4.69, 9.17) is 14.5 Å². The fraction of sp³-hybridized carbons (Fsp3) is 0.500. The first-order valence-corrected chi connectivity index (χ1v) is 15.4. The van der Waals surface area contributed by atoms with E-state index >= 15 is 0 Å². The zero-order chi connectivity index (χ0) is 32.1. The number of pyridine rings is 1. The second-order valence-electron chi connectivity index (χ2n) is 14.8. The summed E-state index contributed by atoms with van der Waals surface area (Å²) in [5, 5.41) is 25.3. The number of nitrogens with zero attached hydrogens (tertiary/aromatic N) is 2. The summed E-state index contributed by atoms with van der Waals surface area (Å²) in [5.41, 5.74) is 1.69. The summed E-state index contributed by atoms with van der Waals surface area (Å²) in [6.45, 7) is 16.7. The van der Waals surface area contributed by atoms with Gasteiger partial charge in [-0.15, -0.1) is 0 Å². The molecule has 0 radical (unpaired) electrons. The highest BCUT2D eigenvalue weighted by atomic mass is 16.5.